The van der Waals surface area contributed by atoms with E-state index in [0.717, 1.165) is 18.4 Å². The van der Waals surface area contributed by atoms with Crippen LogP contribution in [0.2, 0.25) is 10.0 Å². The Morgan fingerprint density at radius 1 is 1.16 bits per heavy atom. The number of carbonyl (C=O) groups is 1. The zero-order chi connectivity index (χ0) is 22.6. The van der Waals surface area contributed by atoms with Crippen molar-refractivity contribution in [3.63, 3.8) is 0 Å². The molecular weight excluding hydrogens is 449 g/mol. The van der Waals surface area contributed by atoms with E-state index in [1.165, 1.54) is 0 Å². The number of benzene rings is 2. The molecule has 2 aromatic carbocycles. The molecule has 1 amide bonds. The van der Waals surface area contributed by atoms with Crippen LogP contribution in [0.15, 0.2) is 47.3 Å². The maximum absolute atomic E-state index is 12.6. The minimum absolute atomic E-state index is 0.0379. The second kappa shape index (κ2) is 10.0. The first-order valence-corrected chi connectivity index (χ1v) is 11.5. The number of H-pyrrole nitrogens is 1. The van der Waals surface area contributed by atoms with Gasteiger partial charge in [-0.1, -0.05) is 41.4 Å². The number of rotatable bonds is 7. The quantitative estimate of drug-likeness (QED) is 0.531. The van der Waals surface area contributed by atoms with Crippen LogP contribution in [0.1, 0.15) is 37.1 Å². The monoisotopic (exact) mass is 473 g/mol. The maximum atomic E-state index is 12.6. The summed E-state index contributed by atoms with van der Waals surface area (Å²) in [7, 11) is 0. The number of aromatic nitrogens is 2. The van der Waals surface area contributed by atoms with Crippen LogP contribution in [0.4, 0.5) is 0 Å². The van der Waals surface area contributed by atoms with Gasteiger partial charge in [0.2, 0.25) is 5.91 Å². The van der Waals surface area contributed by atoms with Crippen molar-refractivity contribution >= 4 is 40.0 Å². The summed E-state index contributed by atoms with van der Waals surface area (Å²) in [5, 5.41) is 4.85. The number of halogens is 2. The van der Waals surface area contributed by atoms with Crippen molar-refractivity contribution in [3.05, 3.63) is 74.3 Å². The molecular formula is C24H25Cl2N3O3. The number of aromatic amines is 1. The molecule has 2 N–H and O–H groups in total. The van der Waals surface area contributed by atoms with Crippen molar-refractivity contribution in [1.29, 1.82) is 0 Å². The fraction of sp³-hybridized carbons (Fsp3) is 0.375. The minimum Gasteiger partial charge on any atom is -0.381 e. The third kappa shape index (κ3) is 5.14. The highest BCUT2D eigenvalue weighted by Crippen LogP contribution is 2.39. The van der Waals surface area contributed by atoms with Crippen LogP contribution in [0.3, 0.4) is 0 Å². The zero-order valence-corrected chi connectivity index (χ0v) is 19.1. The molecule has 1 saturated heterocycles. The number of fused-ring (bicyclic) bond motifs is 1. The Morgan fingerprint density at radius 3 is 2.72 bits per heavy atom. The molecule has 1 aromatic heterocycles. The number of hydrogen-bond acceptors (Lipinski definition) is 4. The van der Waals surface area contributed by atoms with Crippen molar-refractivity contribution in [2.45, 2.75) is 37.5 Å². The third-order valence-electron chi connectivity index (χ3n) is 6.06. The molecule has 3 aromatic rings. The summed E-state index contributed by atoms with van der Waals surface area (Å²) < 4.78 is 5.55. The summed E-state index contributed by atoms with van der Waals surface area (Å²) in [6.07, 6.45) is 3.01. The van der Waals surface area contributed by atoms with Crippen molar-refractivity contribution in [2.75, 3.05) is 19.8 Å². The van der Waals surface area contributed by atoms with E-state index in [4.69, 9.17) is 27.9 Å². The van der Waals surface area contributed by atoms with Crippen molar-refractivity contribution in [3.8, 4) is 0 Å². The highest BCUT2D eigenvalue weighted by atomic mass is 35.5. The fourth-order valence-electron chi connectivity index (χ4n) is 4.25. The van der Waals surface area contributed by atoms with Crippen LogP contribution in [0.25, 0.3) is 10.9 Å². The molecule has 0 aliphatic carbocycles. The molecule has 1 aliphatic heterocycles. The van der Waals surface area contributed by atoms with E-state index in [2.05, 4.69) is 15.3 Å². The molecule has 168 valence electrons. The first-order chi connectivity index (χ1) is 15.5. The van der Waals surface area contributed by atoms with Gasteiger partial charge in [-0.15, -0.1) is 0 Å². The third-order valence-corrected chi connectivity index (χ3v) is 6.60. The SMILES string of the molecule is O=C(CCCc1nc2ccccc2c(=O)[nH]1)NCC1(c2ccc(Cl)cc2Cl)CCOCC1. The molecule has 1 fully saturated rings. The van der Waals surface area contributed by atoms with Gasteiger partial charge in [-0.3, -0.25) is 9.59 Å². The molecule has 0 bridgehead atoms. The normalized spacial score (nSPS) is 15.6. The molecule has 1 aliphatic rings. The van der Waals surface area contributed by atoms with Gasteiger partial charge < -0.3 is 15.0 Å². The number of para-hydroxylation sites is 1. The number of carbonyl (C=O) groups excluding carboxylic acids is 1. The molecule has 4 rings (SSSR count). The number of ether oxygens (including phenoxy) is 1. The van der Waals surface area contributed by atoms with Gasteiger partial charge in [0.25, 0.3) is 5.56 Å². The van der Waals surface area contributed by atoms with Crippen molar-refractivity contribution < 1.29 is 9.53 Å². The first kappa shape index (κ1) is 22.8. The number of nitrogens with zero attached hydrogens (tertiary/aromatic N) is 1. The van der Waals surface area contributed by atoms with E-state index in [9.17, 15) is 9.59 Å². The van der Waals surface area contributed by atoms with Crippen molar-refractivity contribution in [2.24, 2.45) is 0 Å². The van der Waals surface area contributed by atoms with E-state index < -0.39 is 0 Å². The summed E-state index contributed by atoms with van der Waals surface area (Å²) in [5.74, 6) is 0.555. The average Bonchev–Trinajstić information content (AvgIpc) is 2.78. The van der Waals surface area contributed by atoms with E-state index >= 15 is 0 Å². The molecule has 6 nitrogen and oxygen atoms in total. The van der Waals surface area contributed by atoms with Gasteiger partial charge in [0, 0.05) is 48.1 Å². The first-order valence-electron chi connectivity index (χ1n) is 10.7. The Labute approximate surface area is 196 Å². The Bertz CT molecular complexity index is 1170. The van der Waals surface area contributed by atoms with Gasteiger partial charge in [0.15, 0.2) is 0 Å². The highest BCUT2D eigenvalue weighted by Gasteiger charge is 2.36. The van der Waals surface area contributed by atoms with Gasteiger partial charge in [0.05, 0.1) is 10.9 Å². The summed E-state index contributed by atoms with van der Waals surface area (Å²) in [6.45, 7) is 1.73. The number of nitrogens with one attached hydrogen (secondary N) is 2. The summed E-state index contributed by atoms with van der Waals surface area (Å²) in [4.78, 5) is 32.1. The predicted molar refractivity (Wildman–Crippen MR) is 127 cm³/mol. The van der Waals surface area contributed by atoms with E-state index in [1.54, 1.807) is 12.1 Å². The Kier molecular flexibility index (Phi) is 7.13. The van der Waals surface area contributed by atoms with Gasteiger partial charge in [-0.25, -0.2) is 4.98 Å². The standard InChI is InChI=1S/C24H25Cl2N3O3/c25-16-8-9-18(19(26)14-16)24(10-12-32-13-11-24)15-27-22(30)7-3-6-21-28-20-5-2-1-4-17(20)23(31)29-21/h1-2,4-5,8-9,14H,3,6-7,10-13,15H2,(H,27,30)(H,28,29,31). The van der Waals surface area contributed by atoms with E-state index in [0.29, 0.717) is 65.8 Å². The van der Waals surface area contributed by atoms with Crippen LogP contribution in [-0.2, 0) is 21.4 Å². The largest absolute Gasteiger partial charge is 0.381 e. The van der Waals surface area contributed by atoms with Gasteiger partial charge >= 0.3 is 0 Å². The lowest BCUT2D eigenvalue weighted by atomic mass is 9.74. The second-order valence-electron chi connectivity index (χ2n) is 8.18. The molecule has 0 unspecified atom stereocenters. The molecule has 8 heteroatoms. The average molecular weight is 474 g/mol. The molecule has 0 spiro atoms. The molecule has 0 radical (unpaired) electrons. The number of amides is 1. The molecule has 0 saturated carbocycles. The number of aryl methyl sites for hydroxylation is 1. The lowest BCUT2D eigenvalue weighted by molar-refractivity contribution is -0.121. The maximum Gasteiger partial charge on any atom is 0.258 e. The van der Waals surface area contributed by atoms with Gasteiger partial charge in [0.1, 0.15) is 5.82 Å². The van der Waals surface area contributed by atoms with E-state index in [1.807, 2.05) is 30.3 Å². The molecule has 0 atom stereocenters. The second-order valence-corrected chi connectivity index (χ2v) is 9.02. The van der Waals surface area contributed by atoms with Gasteiger partial charge in [-0.2, -0.15) is 0 Å². The Hall–Kier alpha value is -2.41. The predicted octanol–water partition coefficient (Wildman–Crippen LogP) is 4.42. The summed E-state index contributed by atoms with van der Waals surface area (Å²) in [6, 6.07) is 12.8. The Morgan fingerprint density at radius 2 is 1.94 bits per heavy atom. The smallest absolute Gasteiger partial charge is 0.258 e. The molecule has 2 heterocycles. The van der Waals surface area contributed by atoms with Crippen LogP contribution in [0, 0.1) is 0 Å². The van der Waals surface area contributed by atoms with Crippen LogP contribution in [0.5, 0.6) is 0 Å². The molecule has 32 heavy (non-hydrogen) atoms. The zero-order valence-electron chi connectivity index (χ0n) is 17.6. The van der Waals surface area contributed by atoms with Crippen LogP contribution in [-0.4, -0.2) is 35.6 Å². The lowest BCUT2D eigenvalue weighted by Crippen LogP contribution is -2.44. The Balaban J connectivity index is 1.36. The summed E-state index contributed by atoms with van der Waals surface area (Å²) >= 11 is 12.6. The lowest BCUT2D eigenvalue weighted by Gasteiger charge is -2.38. The number of hydrogen-bond donors (Lipinski definition) is 2. The summed E-state index contributed by atoms with van der Waals surface area (Å²) in [5.41, 5.74) is 1.22. The highest BCUT2D eigenvalue weighted by molar-refractivity contribution is 6.35. The van der Waals surface area contributed by atoms with E-state index in [-0.39, 0.29) is 16.9 Å². The van der Waals surface area contributed by atoms with Gasteiger partial charge in [-0.05, 0) is 49.1 Å². The van der Waals surface area contributed by atoms with Crippen LogP contribution < -0.4 is 10.9 Å². The minimum atomic E-state index is -0.277. The topological polar surface area (TPSA) is 84.1 Å². The fourth-order valence-corrected chi connectivity index (χ4v) is 4.86. The van der Waals surface area contributed by atoms with Crippen LogP contribution >= 0.6 is 23.2 Å². The van der Waals surface area contributed by atoms with Crippen molar-refractivity contribution in [1.82, 2.24) is 15.3 Å².